The van der Waals surface area contributed by atoms with Crippen molar-refractivity contribution in [3.05, 3.63) is 47.6 Å². The number of sulfonamides is 1. The highest BCUT2D eigenvalue weighted by atomic mass is 32.2. The second-order valence-corrected chi connectivity index (χ2v) is 10.9. The van der Waals surface area contributed by atoms with Gasteiger partial charge in [-0.2, -0.15) is 4.31 Å². The lowest BCUT2D eigenvalue weighted by molar-refractivity contribution is -0.128. The highest BCUT2D eigenvalue weighted by Crippen LogP contribution is 2.49. The van der Waals surface area contributed by atoms with Crippen LogP contribution in [0.2, 0.25) is 0 Å². The molecular formula is C20H25N3O3S2. The van der Waals surface area contributed by atoms with Gasteiger partial charge in [-0.3, -0.25) is 9.78 Å². The second kappa shape index (κ2) is 7.93. The fraction of sp³-hybridized carbons (Fsp3) is 0.500. The van der Waals surface area contributed by atoms with E-state index in [1.54, 1.807) is 34.2 Å². The van der Waals surface area contributed by atoms with Crippen LogP contribution in [0.1, 0.15) is 37.7 Å². The summed E-state index contributed by atoms with van der Waals surface area (Å²) >= 11 is 1.23. The van der Waals surface area contributed by atoms with Gasteiger partial charge in [-0.15, -0.1) is 11.3 Å². The van der Waals surface area contributed by atoms with Gasteiger partial charge in [-0.05, 0) is 41.3 Å². The van der Waals surface area contributed by atoms with E-state index in [1.165, 1.54) is 11.3 Å². The Bertz CT molecular complexity index is 907. The first-order valence-corrected chi connectivity index (χ1v) is 12.0. The molecule has 0 unspecified atom stereocenters. The van der Waals surface area contributed by atoms with Crippen molar-refractivity contribution >= 4 is 27.3 Å². The van der Waals surface area contributed by atoms with E-state index in [-0.39, 0.29) is 23.8 Å². The molecule has 4 rings (SSSR count). The number of carbonyl (C=O) groups excluding carboxylic acids is 1. The number of aromatic nitrogens is 1. The molecule has 1 saturated carbocycles. The van der Waals surface area contributed by atoms with E-state index >= 15 is 0 Å². The molecule has 3 heterocycles. The van der Waals surface area contributed by atoms with E-state index in [1.807, 2.05) is 12.1 Å². The minimum atomic E-state index is -3.54. The Labute approximate surface area is 170 Å². The summed E-state index contributed by atoms with van der Waals surface area (Å²) in [5.41, 5.74) is 0.691. The first-order valence-electron chi connectivity index (χ1n) is 9.72. The molecule has 8 heteroatoms. The zero-order valence-corrected chi connectivity index (χ0v) is 17.3. The number of thiophene rings is 1. The van der Waals surface area contributed by atoms with E-state index in [2.05, 4.69) is 10.3 Å². The van der Waals surface area contributed by atoms with Crippen molar-refractivity contribution in [2.24, 2.45) is 11.3 Å². The summed E-state index contributed by atoms with van der Waals surface area (Å²) in [6.07, 6.45) is 8.52. The minimum absolute atomic E-state index is 0.0466. The van der Waals surface area contributed by atoms with Crippen molar-refractivity contribution in [1.82, 2.24) is 14.6 Å². The van der Waals surface area contributed by atoms with Crippen LogP contribution in [0.15, 0.2) is 46.2 Å². The Morgan fingerprint density at radius 1 is 1.25 bits per heavy atom. The molecule has 2 aliphatic rings. The van der Waals surface area contributed by atoms with Gasteiger partial charge in [0.05, 0.1) is 5.92 Å². The summed E-state index contributed by atoms with van der Waals surface area (Å²) in [6.45, 7) is 1.12. The number of nitrogens with one attached hydrogen (secondary N) is 1. The standard InChI is InChI=1S/C20H25N3O3S2/c24-19(22-13-16-6-4-10-21-12-16)17-14-23(15-20(17)8-2-1-3-9-20)28(25,26)18-7-5-11-27-18/h4-7,10-12,17H,1-3,8-9,13-15H2,(H,22,24)/t17-/m1/s1. The molecule has 2 aromatic heterocycles. The Morgan fingerprint density at radius 3 is 2.75 bits per heavy atom. The molecule has 0 radical (unpaired) electrons. The predicted molar refractivity (Wildman–Crippen MR) is 108 cm³/mol. The highest BCUT2D eigenvalue weighted by molar-refractivity contribution is 7.91. The van der Waals surface area contributed by atoms with E-state index < -0.39 is 10.0 Å². The van der Waals surface area contributed by atoms with Gasteiger partial charge in [0.25, 0.3) is 10.0 Å². The Balaban J connectivity index is 1.54. The fourth-order valence-electron chi connectivity index (χ4n) is 4.58. The number of carbonyl (C=O) groups is 1. The number of pyridine rings is 1. The van der Waals surface area contributed by atoms with Crippen molar-refractivity contribution in [3.63, 3.8) is 0 Å². The summed E-state index contributed by atoms with van der Waals surface area (Å²) in [5.74, 6) is -0.353. The first kappa shape index (κ1) is 19.5. The Morgan fingerprint density at radius 2 is 2.07 bits per heavy atom. The zero-order chi connectivity index (χ0) is 19.6. The Kier molecular flexibility index (Phi) is 5.53. The van der Waals surface area contributed by atoms with E-state index in [0.717, 1.165) is 37.7 Å². The van der Waals surface area contributed by atoms with E-state index in [9.17, 15) is 13.2 Å². The molecular weight excluding hydrogens is 394 g/mol. The smallest absolute Gasteiger partial charge is 0.252 e. The van der Waals surface area contributed by atoms with Crippen LogP contribution in [-0.2, 0) is 21.4 Å². The monoisotopic (exact) mass is 419 g/mol. The van der Waals surface area contributed by atoms with Gasteiger partial charge in [-0.25, -0.2) is 8.42 Å². The average molecular weight is 420 g/mol. The molecule has 1 atom stereocenters. The molecule has 1 amide bonds. The highest BCUT2D eigenvalue weighted by Gasteiger charge is 2.53. The maximum Gasteiger partial charge on any atom is 0.252 e. The molecule has 0 aromatic carbocycles. The lowest BCUT2D eigenvalue weighted by atomic mass is 9.67. The summed E-state index contributed by atoms with van der Waals surface area (Å²) in [6, 6.07) is 7.16. The van der Waals surface area contributed by atoms with Gasteiger partial charge >= 0.3 is 0 Å². The maximum atomic E-state index is 13.1. The number of amides is 1. The van der Waals surface area contributed by atoms with Gasteiger partial charge < -0.3 is 5.32 Å². The largest absolute Gasteiger partial charge is 0.352 e. The van der Waals surface area contributed by atoms with Crippen LogP contribution in [0.4, 0.5) is 0 Å². The molecule has 1 saturated heterocycles. The van der Waals surface area contributed by atoms with Crippen molar-refractivity contribution < 1.29 is 13.2 Å². The lowest BCUT2D eigenvalue weighted by Crippen LogP contribution is -2.42. The minimum Gasteiger partial charge on any atom is -0.352 e. The van der Waals surface area contributed by atoms with Gasteiger partial charge in [0.2, 0.25) is 5.91 Å². The topological polar surface area (TPSA) is 79.4 Å². The number of rotatable bonds is 5. The number of hydrogen-bond acceptors (Lipinski definition) is 5. The van der Waals surface area contributed by atoms with Crippen LogP contribution < -0.4 is 5.32 Å². The van der Waals surface area contributed by atoms with Crippen LogP contribution in [0.3, 0.4) is 0 Å². The molecule has 1 aliphatic carbocycles. The third kappa shape index (κ3) is 3.73. The molecule has 1 spiro atoms. The fourth-order valence-corrected chi connectivity index (χ4v) is 7.28. The van der Waals surface area contributed by atoms with Crippen molar-refractivity contribution in [2.75, 3.05) is 13.1 Å². The SMILES string of the molecule is O=C(NCc1cccnc1)[C@H]1CN(S(=O)(=O)c2cccs2)CC12CCCCC2. The summed E-state index contributed by atoms with van der Waals surface area (Å²) in [5, 5.41) is 4.80. The first-order chi connectivity index (χ1) is 13.5. The molecule has 0 bridgehead atoms. The van der Waals surface area contributed by atoms with Crippen molar-refractivity contribution in [1.29, 1.82) is 0 Å². The van der Waals surface area contributed by atoms with Crippen LogP contribution in [-0.4, -0.2) is 36.7 Å². The Hall–Kier alpha value is -1.77. The lowest BCUT2D eigenvalue weighted by Gasteiger charge is -2.37. The van der Waals surface area contributed by atoms with Crippen molar-refractivity contribution in [2.45, 2.75) is 42.9 Å². The van der Waals surface area contributed by atoms with Gasteiger partial charge in [0.1, 0.15) is 4.21 Å². The summed E-state index contributed by atoms with van der Waals surface area (Å²) in [7, 11) is -3.54. The summed E-state index contributed by atoms with van der Waals surface area (Å²) < 4.78 is 28.0. The molecule has 6 nitrogen and oxygen atoms in total. The van der Waals surface area contributed by atoms with Crippen LogP contribution in [0, 0.1) is 11.3 Å². The molecule has 1 N–H and O–H groups in total. The number of hydrogen-bond donors (Lipinski definition) is 1. The van der Waals surface area contributed by atoms with Crippen LogP contribution in [0.5, 0.6) is 0 Å². The van der Waals surface area contributed by atoms with Gasteiger partial charge in [-0.1, -0.05) is 31.4 Å². The van der Waals surface area contributed by atoms with Crippen LogP contribution >= 0.6 is 11.3 Å². The molecule has 2 aromatic rings. The predicted octanol–water partition coefficient (Wildman–Crippen LogP) is 3.03. The normalized spacial score (nSPS) is 22.4. The molecule has 28 heavy (non-hydrogen) atoms. The number of nitrogens with zero attached hydrogens (tertiary/aromatic N) is 2. The second-order valence-electron chi connectivity index (χ2n) is 7.78. The third-order valence-electron chi connectivity index (χ3n) is 6.06. The average Bonchev–Trinajstić information content (AvgIpc) is 3.37. The van der Waals surface area contributed by atoms with E-state index in [0.29, 0.717) is 17.3 Å². The quantitative estimate of drug-likeness (QED) is 0.808. The maximum absolute atomic E-state index is 13.1. The third-order valence-corrected chi connectivity index (χ3v) is 9.25. The zero-order valence-electron chi connectivity index (χ0n) is 15.7. The van der Waals surface area contributed by atoms with Gasteiger partial charge in [0, 0.05) is 32.0 Å². The van der Waals surface area contributed by atoms with Crippen LogP contribution in [0.25, 0.3) is 0 Å². The molecule has 150 valence electrons. The van der Waals surface area contributed by atoms with Crippen molar-refractivity contribution in [3.8, 4) is 0 Å². The van der Waals surface area contributed by atoms with E-state index in [4.69, 9.17) is 0 Å². The van der Waals surface area contributed by atoms with Gasteiger partial charge in [0.15, 0.2) is 0 Å². The summed E-state index contributed by atoms with van der Waals surface area (Å²) in [4.78, 5) is 17.2. The molecule has 1 aliphatic heterocycles. The molecule has 2 fully saturated rings.